The molecule has 1 atom stereocenters. The molecule has 2 aliphatic rings. The third kappa shape index (κ3) is 3.16. The molecule has 1 aromatic carbocycles. The molecular weight excluding hydrogens is 348 g/mol. The predicted molar refractivity (Wildman–Crippen MR) is 102 cm³/mol. The van der Waals surface area contributed by atoms with Crippen LogP contribution in [0.4, 0.5) is 10.5 Å². The molecule has 138 valence electrons. The summed E-state index contributed by atoms with van der Waals surface area (Å²) >= 11 is 0. The maximum Gasteiger partial charge on any atom is 0.331 e. The number of carbonyl (C=O) groups is 1. The number of anilines is 1. The van der Waals surface area contributed by atoms with E-state index in [0.717, 1.165) is 44.2 Å². The van der Waals surface area contributed by atoms with Gasteiger partial charge in [-0.15, -0.1) is 0 Å². The zero-order chi connectivity index (χ0) is 18.3. The molecule has 0 bridgehead atoms. The molecule has 0 radical (unpaired) electrons. The quantitative estimate of drug-likeness (QED) is 0.865. The number of rotatable bonds is 4. The summed E-state index contributed by atoms with van der Waals surface area (Å²) in [6, 6.07) is 3.75. The van der Waals surface area contributed by atoms with E-state index < -0.39 is 17.0 Å². The molecular formula is C19H24N4O2S. The molecule has 1 unspecified atom stereocenters. The van der Waals surface area contributed by atoms with Crippen LogP contribution in [0.1, 0.15) is 55.0 Å². The predicted octanol–water partition coefficient (Wildman–Crippen LogP) is 3.29. The molecule has 0 spiro atoms. The molecule has 7 heteroatoms. The largest absolute Gasteiger partial charge is 0.331 e. The Balaban J connectivity index is 1.51. The average molecular weight is 372 g/mol. The van der Waals surface area contributed by atoms with Crippen molar-refractivity contribution in [1.82, 2.24) is 14.5 Å². The summed E-state index contributed by atoms with van der Waals surface area (Å²) in [6.45, 7) is 3.99. The van der Waals surface area contributed by atoms with Crippen LogP contribution in [-0.4, -0.2) is 20.0 Å². The molecule has 2 aromatic rings. The minimum atomic E-state index is -1.67. The number of carbonyl (C=O) groups excluding carboxylic acids is 1. The summed E-state index contributed by atoms with van der Waals surface area (Å²) in [5, 5.41) is 7.61. The first-order chi connectivity index (χ1) is 12.5. The first kappa shape index (κ1) is 17.3. The van der Waals surface area contributed by atoms with Gasteiger partial charge in [-0.05, 0) is 80.7 Å². The molecule has 0 fully saturated rings. The van der Waals surface area contributed by atoms with Gasteiger partial charge in [-0.25, -0.2) is 9.00 Å². The number of benzene rings is 1. The number of amides is 2. The third-order valence-electron chi connectivity index (χ3n) is 5.20. The molecule has 0 saturated carbocycles. The SMILES string of the molecule is CC(C)n1ccc(S(=O)NC(=O)Nc2c3c(cc4c2CCC4)CCC3)n1. The molecule has 1 heterocycles. The Morgan fingerprint density at radius 2 is 1.81 bits per heavy atom. The monoisotopic (exact) mass is 372 g/mol. The van der Waals surface area contributed by atoms with E-state index in [9.17, 15) is 9.00 Å². The number of hydrogen-bond acceptors (Lipinski definition) is 3. The Hall–Kier alpha value is -2.15. The highest BCUT2D eigenvalue weighted by Gasteiger charge is 2.25. The van der Waals surface area contributed by atoms with E-state index in [-0.39, 0.29) is 6.04 Å². The van der Waals surface area contributed by atoms with Crippen LogP contribution >= 0.6 is 0 Å². The molecule has 26 heavy (non-hydrogen) atoms. The molecule has 2 N–H and O–H groups in total. The van der Waals surface area contributed by atoms with Crippen molar-refractivity contribution < 1.29 is 9.00 Å². The number of aromatic nitrogens is 2. The second kappa shape index (κ2) is 6.87. The Morgan fingerprint density at radius 3 is 2.38 bits per heavy atom. The second-order valence-corrected chi connectivity index (χ2v) is 8.45. The summed E-state index contributed by atoms with van der Waals surface area (Å²) in [7, 11) is -1.67. The van der Waals surface area contributed by atoms with E-state index in [1.54, 1.807) is 16.9 Å². The van der Waals surface area contributed by atoms with Crippen molar-refractivity contribution in [1.29, 1.82) is 0 Å². The molecule has 0 aliphatic heterocycles. The lowest BCUT2D eigenvalue weighted by Crippen LogP contribution is -2.31. The molecule has 2 amide bonds. The van der Waals surface area contributed by atoms with Gasteiger partial charge in [-0.3, -0.25) is 9.40 Å². The van der Waals surface area contributed by atoms with Crippen molar-refractivity contribution in [3.63, 3.8) is 0 Å². The highest BCUT2D eigenvalue weighted by Crippen LogP contribution is 2.38. The Labute approximate surface area is 156 Å². The maximum absolute atomic E-state index is 12.5. The van der Waals surface area contributed by atoms with Crippen LogP contribution in [0.25, 0.3) is 0 Å². The van der Waals surface area contributed by atoms with Gasteiger partial charge in [0, 0.05) is 17.9 Å². The normalized spacial score (nSPS) is 16.4. The fraction of sp³-hybridized carbons (Fsp3) is 0.474. The van der Waals surface area contributed by atoms with E-state index >= 15 is 0 Å². The topological polar surface area (TPSA) is 76.0 Å². The van der Waals surface area contributed by atoms with Gasteiger partial charge >= 0.3 is 6.03 Å². The van der Waals surface area contributed by atoms with E-state index in [0.29, 0.717) is 5.03 Å². The summed E-state index contributed by atoms with van der Waals surface area (Å²) in [5.41, 5.74) is 6.19. The number of nitrogens with zero attached hydrogens (tertiary/aromatic N) is 2. The van der Waals surface area contributed by atoms with Crippen molar-refractivity contribution in [2.45, 2.75) is 63.4 Å². The molecule has 4 rings (SSSR count). The molecule has 6 nitrogen and oxygen atoms in total. The van der Waals surface area contributed by atoms with Gasteiger partial charge in [0.05, 0.1) is 0 Å². The van der Waals surface area contributed by atoms with Gasteiger partial charge in [-0.2, -0.15) is 5.10 Å². The Bertz CT molecular complexity index is 856. The lowest BCUT2D eigenvalue weighted by Gasteiger charge is -2.16. The number of urea groups is 1. The maximum atomic E-state index is 12.5. The first-order valence-corrected chi connectivity index (χ1v) is 10.4. The van der Waals surface area contributed by atoms with Gasteiger partial charge in [-0.1, -0.05) is 6.07 Å². The van der Waals surface area contributed by atoms with E-state index in [4.69, 9.17) is 0 Å². The summed E-state index contributed by atoms with van der Waals surface area (Å²) < 4.78 is 16.7. The van der Waals surface area contributed by atoms with Crippen LogP contribution < -0.4 is 10.0 Å². The minimum absolute atomic E-state index is 0.184. The third-order valence-corrected chi connectivity index (χ3v) is 6.17. The standard InChI is InChI=1S/C19H24N4O2S/c1-12(2)23-10-9-17(21-23)26(25)22-19(24)20-18-15-7-3-5-13(15)11-14-6-4-8-16(14)18/h9-12H,3-8H2,1-2H3,(H2,20,22,24). The van der Waals surface area contributed by atoms with E-state index in [2.05, 4.69) is 21.2 Å². The van der Waals surface area contributed by atoms with Gasteiger partial charge < -0.3 is 5.32 Å². The minimum Gasteiger partial charge on any atom is -0.307 e. The highest BCUT2D eigenvalue weighted by atomic mass is 32.2. The van der Waals surface area contributed by atoms with E-state index in [1.165, 1.54) is 22.3 Å². The van der Waals surface area contributed by atoms with Crippen LogP contribution in [0.3, 0.4) is 0 Å². The summed E-state index contributed by atoms with van der Waals surface area (Å²) in [5.74, 6) is 0. The van der Waals surface area contributed by atoms with Crippen LogP contribution in [0.15, 0.2) is 23.4 Å². The molecule has 2 aliphatic carbocycles. The fourth-order valence-electron chi connectivity index (χ4n) is 3.95. The van der Waals surface area contributed by atoms with Crippen molar-refractivity contribution >= 4 is 22.7 Å². The fourth-order valence-corrected chi connectivity index (χ4v) is 4.63. The van der Waals surface area contributed by atoms with E-state index in [1.807, 2.05) is 13.8 Å². The molecule has 0 saturated heterocycles. The first-order valence-electron chi connectivity index (χ1n) is 9.24. The number of fused-ring (bicyclic) bond motifs is 2. The number of hydrogen-bond donors (Lipinski definition) is 2. The number of aryl methyl sites for hydroxylation is 2. The van der Waals surface area contributed by atoms with Gasteiger partial charge in [0.1, 0.15) is 0 Å². The van der Waals surface area contributed by atoms with Gasteiger partial charge in [0.2, 0.25) is 0 Å². The van der Waals surface area contributed by atoms with Crippen molar-refractivity contribution in [3.8, 4) is 0 Å². The van der Waals surface area contributed by atoms with Gasteiger partial charge in [0.25, 0.3) is 0 Å². The van der Waals surface area contributed by atoms with Crippen molar-refractivity contribution in [2.24, 2.45) is 0 Å². The van der Waals surface area contributed by atoms with Gasteiger partial charge in [0.15, 0.2) is 16.0 Å². The van der Waals surface area contributed by atoms with Crippen LogP contribution in [0.5, 0.6) is 0 Å². The summed E-state index contributed by atoms with van der Waals surface area (Å²) in [6.07, 6.45) is 8.20. The van der Waals surface area contributed by atoms with Crippen LogP contribution in [0, 0.1) is 0 Å². The summed E-state index contributed by atoms with van der Waals surface area (Å²) in [4.78, 5) is 12.5. The highest BCUT2D eigenvalue weighted by molar-refractivity contribution is 7.83. The van der Waals surface area contributed by atoms with Crippen LogP contribution in [0.2, 0.25) is 0 Å². The van der Waals surface area contributed by atoms with Crippen LogP contribution in [-0.2, 0) is 36.7 Å². The Morgan fingerprint density at radius 1 is 1.15 bits per heavy atom. The lowest BCUT2D eigenvalue weighted by molar-refractivity contribution is 0.257. The zero-order valence-corrected chi connectivity index (χ0v) is 16.0. The second-order valence-electron chi connectivity index (χ2n) is 7.29. The Kier molecular flexibility index (Phi) is 4.56. The average Bonchev–Trinajstić information content (AvgIpc) is 3.34. The molecule has 1 aromatic heterocycles. The lowest BCUT2D eigenvalue weighted by atomic mass is 9.99. The smallest absolute Gasteiger partial charge is 0.307 e. The van der Waals surface area contributed by atoms with Crippen molar-refractivity contribution in [2.75, 3.05) is 5.32 Å². The van der Waals surface area contributed by atoms with Crippen molar-refractivity contribution in [3.05, 3.63) is 40.6 Å². The zero-order valence-electron chi connectivity index (χ0n) is 15.2. The number of nitrogens with one attached hydrogen (secondary N) is 2.